The Labute approximate surface area is 147 Å². The number of aryl methyl sites for hydroxylation is 1. The summed E-state index contributed by atoms with van der Waals surface area (Å²) in [5.41, 5.74) is 0. The molecule has 0 aliphatic rings. The van der Waals surface area contributed by atoms with Crippen molar-refractivity contribution in [2.24, 2.45) is 0 Å². The number of hydrogen-bond donors (Lipinski definition) is 0. The quantitative estimate of drug-likeness (QED) is 0.427. The van der Waals surface area contributed by atoms with E-state index >= 15 is 0 Å². The molecule has 0 aromatic carbocycles. The molecule has 0 N–H and O–H groups in total. The molecule has 162 valence electrons. The number of ether oxygens (including phenoxy) is 1. The highest BCUT2D eigenvalue weighted by molar-refractivity contribution is 4.95. The summed E-state index contributed by atoms with van der Waals surface area (Å²) in [6, 6.07) is 3.80. The van der Waals surface area contributed by atoms with Gasteiger partial charge in [-0.3, -0.25) is 4.74 Å². The van der Waals surface area contributed by atoms with Crippen molar-refractivity contribution in [1.29, 1.82) is 0 Å². The minimum atomic E-state index is -7.32. The van der Waals surface area contributed by atoms with E-state index in [0.29, 0.717) is 0 Å². The third kappa shape index (κ3) is 4.43. The molecule has 0 saturated carbocycles. The largest absolute Gasteiger partial charge is 0.458 e. The van der Waals surface area contributed by atoms with Gasteiger partial charge in [0, 0.05) is 12.1 Å². The lowest BCUT2D eigenvalue weighted by Gasteiger charge is -2.37. The van der Waals surface area contributed by atoms with Gasteiger partial charge in [-0.2, -0.15) is 57.1 Å². The maximum Gasteiger partial charge on any atom is 0.458 e. The summed E-state index contributed by atoms with van der Waals surface area (Å²) >= 11 is 0. The van der Waals surface area contributed by atoms with Gasteiger partial charge in [0.05, 0.1) is 6.42 Å². The Morgan fingerprint density at radius 1 is 0.643 bits per heavy atom. The molecule has 0 radical (unpaired) electrons. The monoisotopic (exact) mass is 442 g/mol. The van der Waals surface area contributed by atoms with Gasteiger partial charge in [-0.05, 0) is 0 Å². The van der Waals surface area contributed by atoms with Crippen LogP contribution in [0.25, 0.3) is 0 Å². The molecule has 0 spiro atoms. The highest BCUT2D eigenvalue weighted by Gasteiger charge is 2.82. The van der Waals surface area contributed by atoms with E-state index in [-0.39, 0.29) is 0 Å². The smallest absolute Gasteiger partial charge is 0.262 e. The van der Waals surface area contributed by atoms with Crippen molar-refractivity contribution < 1.29 is 66.4 Å². The van der Waals surface area contributed by atoms with Gasteiger partial charge in [0.1, 0.15) is 0 Å². The number of alkyl halides is 13. The molecule has 15 heteroatoms. The fourth-order valence-corrected chi connectivity index (χ4v) is 1.74. The highest BCUT2D eigenvalue weighted by atomic mass is 19.4. The molecule has 28 heavy (non-hydrogen) atoms. The summed E-state index contributed by atoms with van der Waals surface area (Å²) < 4.78 is 169. The predicted octanol–water partition coefficient (Wildman–Crippen LogP) is 5.03. The highest BCUT2D eigenvalue weighted by Crippen LogP contribution is 2.55. The topological polar surface area (TPSA) is 13.1 Å². The molecule has 0 aliphatic carbocycles. The molecule has 0 amide bonds. The van der Waals surface area contributed by atoms with Crippen molar-refractivity contribution in [3.63, 3.8) is 0 Å². The van der Waals surface area contributed by atoms with Crippen molar-refractivity contribution in [3.05, 3.63) is 30.6 Å². The standard InChI is InChI=1S/C13H9F13NO/c14-8(15,4-7-27-5-2-1-3-6-27)9(16,17)13(25,26)28-10(18,11(19,20)21)12(22,23)24/h1-3,5-6H,4,7H2/q+1. The van der Waals surface area contributed by atoms with Crippen LogP contribution in [0.4, 0.5) is 57.1 Å². The van der Waals surface area contributed by atoms with E-state index in [4.69, 9.17) is 0 Å². The second-order valence-electron chi connectivity index (χ2n) is 5.35. The number of rotatable bonds is 7. The molecule has 1 rings (SSSR count). The molecule has 0 bridgehead atoms. The van der Waals surface area contributed by atoms with E-state index in [0.717, 1.165) is 17.0 Å². The van der Waals surface area contributed by atoms with E-state index in [1.165, 1.54) is 18.2 Å². The Morgan fingerprint density at radius 2 is 1.07 bits per heavy atom. The lowest BCUT2D eigenvalue weighted by atomic mass is 10.1. The van der Waals surface area contributed by atoms with Gasteiger partial charge in [0.15, 0.2) is 18.9 Å². The summed E-state index contributed by atoms with van der Waals surface area (Å²) in [6.45, 7) is -1.08. The van der Waals surface area contributed by atoms with Gasteiger partial charge in [0.25, 0.3) is 0 Å². The number of halogens is 13. The lowest BCUT2D eigenvalue weighted by molar-refractivity contribution is -0.700. The van der Waals surface area contributed by atoms with Crippen LogP contribution in [0, 0.1) is 0 Å². The van der Waals surface area contributed by atoms with Crippen LogP contribution >= 0.6 is 0 Å². The fourth-order valence-electron chi connectivity index (χ4n) is 1.74. The maximum atomic E-state index is 13.5. The zero-order chi connectivity index (χ0) is 22.2. The molecule has 1 heterocycles. The first kappa shape index (κ1) is 24.2. The van der Waals surface area contributed by atoms with Crippen LogP contribution in [0.15, 0.2) is 30.6 Å². The van der Waals surface area contributed by atoms with Crippen molar-refractivity contribution in [1.82, 2.24) is 0 Å². The minimum Gasteiger partial charge on any atom is -0.262 e. The first-order valence-corrected chi connectivity index (χ1v) is 6.88. The average molecular weight is 442 g/mol. The molecular formula is C13H9F13NO+. The third-order valence-electron chi connectivity index (χ3n) is 3.28. The number of aromatic nitrogens is 1. The van der Waals surface area contributed by atoms with Crippen molar-refractivity contribution in [2.45, 2.75) is 49.1 Å². The molecule has 2 nitrogen and oxygen atoms in total. The third-order valence-corrected chi connectivity index (χ3v) is 3.28. The zero-order valence-corrected chi connectivity index (χ0v) is 13.1. The zero-order valence-electron chi connectivity index (χ0n) is 13.1. The molecule has 1 aromatic rings. The van der Waals surface area contributed by atoms with E-state index in [1.54, 1.807) is 4.74 Å². The van der Waals surface area contributed by atoms with Gasteiger partial charge in [0.2, 0.25) is 0 Å². The summed E-state index contributed by atoms with van der Waals surface area (Å²) in [7, 11) is 0. The van der Waals surface area contributed by atoms with E-state index in [2.05, 4.69) is 0 Å². The van der Waals surface area contributed by atoms with Crippen LogP contribution in [0.5, 0.6) is 0 Å². The Balaban J connectivity index is 3.17. The van der Waals surface area contributed by atoms with Crippen molar-refractivity contribution in [2.75, 3.05) is 0 Å². The van der Waals surface area contributed by atoms with Crippen LogP contribution in [0.3, 0.4) is 0 Å². The SMILES string of the molecule is FC(F)(F)C(F)(OC(F)(F)C(F)(F)C(F)(F)CC[n+]1ccccc1)C(F)(F)F. The Hall–Kier alpha value is -1.80. The van der Waals surface area contributed by atoms with Gasteiger partial charge in [-0.1, -0.05) is 6.07 Å². The van der Waals surface area contributed by atoms with E-state index < -0.39 is 49.1 Å². The molecule has 0 saturated heterocycles. The summed E-state index contributed by atoms with van der Waals surface area (Å²) in [6.07, 6.45) is -21.9. The first-order chi connectivity index (χ1) is 12.3. The molecule has 1 aromatic heterocycles. The fraction of sp³-hybridized carbons (Fsp3) is 0.615. The van der Waals surface area contributed by atoms with Crippen LogP contribution < -0.4 is 4.57 Å². The van der Waals surface area contributed by atoms with Crippen LogP contribution in [0.1, 0.15) is 6.42 Å². The molecule has 0 atom stereocenters. The van der Waals surface area contributed by atoms with Gasteiger partial charge in [-0.15, -0.1) is 0 Å². The normalized spacial score (nSPS) is 15.0. The maximum absolute atomic E-state index is 13.5. The van der Waals surface area contributed by atoms with Crippen LogP contribution in [-0.2, 0) is 11.3 Å². The molecule has 0 fully saturated rings. The van der Waals surface area contributed by atoms with Crippen LogP contribution in [0.2, 0.25) is 0 Å². The van der Waals surface area contributed by atoms with E-state index in [1.807, 2.05) is 0 Å². The summed E-state index contributed by atoms with van der Waals surface area (Å²) in [5, 5.41) is 0. The summed E-state index contributed by atoms with van der Waals surface area (Å²) in [5.74, 6) is -20.1. The minimum absolute atomic E-state index is 0.786. The van der Waals surface area contributed by atoms with Gasteiger partial charge in [-0.25, -0.2) is 4.57 Å². The van der Waals surface area contributed by atoms with Crippen LogP contribution in [-0.4, -0.2) is 36.2 Å². The molecule has 0 aliphatic heterocycles. The number of hydrogen-bond acceptors (Lipinski definition) is 1. The molecular weight excluding hydrogens is 433 g/mol. The van der Waals surface area contributed by atoms with Crippen molar-refractivity contribution >= 4 is 0 Å². The Morgan fingerprint density at radius 3 is 1.46 bits per heavy atom. The predicted molar refractivity (Wildman–Crippen MR) is 63.1 cm³/mol. The van der Waals surface area contributed by atoms with Crippen molar-refractivity contribution in [3.8, 4) is 0 Å². The second kappa shape index (κ2) is 7.22. The lowest BCUT2D eigenvalue weighted by Crippen LogP contribution is -2.64. The second-order valence-corrected chi connectivity index (χ2v) is 5.35. The van der Waals surface area contributed by atoms with Gasteiger partial charge < -0.3 is 0 Å². The summed E-state index contributed by atoms with van der Waals surface area (Å²) in [4.78, 5) is 0. The Kier molecular flexibility index (Phi) is 6.25. The molecule has 0 unspecified atom stereocenters. The first-order valence-electron chi connectivity index (χ1n) is 6.88. The average Bonchev–Trinajstić information content (AvgIpc) is 2.51. The number of nitrogens with zero attached hydrogens (tertiary/aromatic N) is 1. The van der Waals surface area contributed by atoms with Gasteiger partial charge >= 0.3 is 36.2 Å². The van der Waals surface area contributed by atoms with E-state index in [9.17, 15) is 57.1 Å². The number of pyridine rings is 1. The Bertz CT molecular complexity index is 639.